The zero-order valence-electron chi connectivity index (χ0n) is 23.5. The summed E-state index contributed by atoms with van der Waals surface area (Å²) < 4.78 is 55.6. The van der Waals surface area contributed by atoms with Gasteiger partial charge in [0.15, 0.2) is 0 Å². The molecule has 5 rings (SSSR count). The number of anilines is 2. The number of nitrogens with zero attached hydrogens (tertiary/aromatic N) is 5. The number of hydrogen-bond donors (Lipinski definition) is 2. The largest absolute Gasteiger partial charge is 0.462 e. The van der Waals surface area contributed by atoms with Crippen molar-refractivity contribution < 1.29 is 27.4 Å². The Labute approximate surface area is 246 Å². The fourth-order valence-electron chi connectivity index (χ4n) is 5.56. The van der Waals surface area contributed by atoms with Crippen LogP contribution < -0.4 is 20.7 Å². The second-order valence-corrected chi connectivity index (χ2v) is 11.6. The number of carbonyl (C=O) groups is 1. The molecule has 14 heteroatoms. The topological polar surface area (TPSA) is 120 Å². The molecular formula is C28H33ClF3N7O3. The number of hydrogen-bond acceptors (Lipinski definition) is 9. The van der Waals surface area contributed by atoms with Gasteiger partial charge in [0.1, 0.15) is 11.9 Å². The third-order valence-corrected chi connectivity index (χ3v) is 7.87. The average Bonchev–Trinajstić information content (AvgIpc) is 3.53. The first-order valence-electron chi connectivity index (χ1n) is 13.7. The number of halogens is 4. The number of esters is 1. The van der Waals surface area contributed by atoms with Crippen LogP contribution in [-0.4, -0.2) is 63.7 Å². The van der Waals surface area contributed by atoms with Gasteiger partial charge in [0.2, 0.25) is 17.9 Å². The number of nitrogen functional groups attached to an aromatic ring is 1. The summed E-state index contributed by atoms with van der Waals surface area (Å²) in [4.78, 5) is 22.6. The molecule has 2 saturated heterocycles. The summed E-state index contributed by atoms with van der Waals surface area (Å²) in [6.45, 7) is 7.20. The molecule has 0 bridgehead atoms. The first-order chi connectivity index (χ1) is 19.8. The molecule has 2 atom stereocenters. The van der Waals surface area contributed by atoms with Gasteiger partial charge in [-0.3, -0.25) is 4.79 Å². The first-order valence-corrected chi connectivity index (χ1v) is 14.1. The van der Waals surface area contributed by atoms with E-state index in [1.54, 1.807) is 19.2 Å². The molecule has 2 fully saturated rings. The molecule has 10 nitrogen and oxygen atoms in total. The van der Waals surface area contributed by atoms with Crippen molar-refractivity contribution in [2.24, 2.45) is 5.41 Å². The number of piperidine rings is 1. The fourth-order valence-corrected chi connectivity index (χ4v) is 5.72. The van der Waals surface area contributed by atoms with Crippen molar-refractivity contribution in [2.45, 2.75) is 64.5 Å². The SMILES string of the molecule is Cc1ccn(-c2cc(Cl)ccc2C(Oc2cc(N3CCC4(CC3)CN[C@H](C(=O)OC(C)C)C4)nc(N)n2)C(F)(F)F)n1. The minimum absolute atomic E-state index is 0.0771. The van der Waals surface area contributed by atoms with Crippen molar-refractivity contribution in [3.05, 3.63) is 52.8 Å². The van der Waals surface area contributed by atoms with Crippen LogP contribution in [0.4, 0.5) is 24.9 Å². The number of nitrogens with one attached hydrogen (secondary N) is 1. The van der Waals surface area contributed by atoms with Gasteiger partial charge in [-0.15, -0.1) is 0 Å². The molecule has 3 aromatic rings. The number of alkyl halides is 3. The minimum atomic E-state index is -4.80. The summed E-state index contributed by atoms with van der Waals surface area (Å²) >= 11 is 6.14. The summed E-state index contributed by atoms with van der Waals surface area (Å²) in [6, 6.07) is 6.73. The summed E-state index contributed by atoms with van der Waals surface area (Å²) in [5.41, 5.74) is 6.43. The number of benzene rings is 1. The lowest BCUT2D eigenvalue weighted by atomic mass is 9.76. The standard InChI is InChI=1S/C28H33ClF3N7O3/c1-16(2)41-25(40)20-14-27(15-34-20)7-10-38(11-8-27)22-13-23(36-26(33)35-22)42-24(28(30,31)32)19-5-4-18(29)12-21(19)39-9-6-17(3)37-39/h4-6,9,12-13,16,20,24,34H,7-8,10-11,14-15H2,1-3H3,(H2,33,35,36)/t20-,24?/m0/s1. The molecule has 0 radical (unpaired) electrons. The third-order valence-electron chi connectivity index (χ3n) is 7.63. The van der Waals surface area contributed by atoms with Crippen LogP contribution in [0.15, 0.2) is 36.5 Å². The second-order valence-electron chi connectivity index (χ2n) is 11.2. The van der Waals surface area contributed by atoms with Gasteiger partial charge in [-0.1, -0.05) is 17.7 Å². The van der Waals surface area contributed by atoms with E-state index < -0.39 is 12.3 Å². The number of ether oxygens (including phenoxy) is 2. The van der Waals surface area contributed by atoms with Crippen LogP contribution in [0.25, 0.3) is 5.69 Å². The van der Waals surface area contributed by atoms with E-state index in [4.69, 9.17) is 26.8 Å². The van der Waals surface area contributed by atoms with Crippen molar-refractivity contribution >= 4 is 29.3 Å². The molecular weight excluding hydrogens is 575 g/mol. The normalized spacial score (nSPS) is 19.3. The lowest BCUT2D eigenvalue weighted by Gasteiger charge is -2.39. The highest BCUT2D eigenvalue weighted by Gasteiger charge is 2.46. The Morgan fingerprint density at radius 3 is 2.57 bits per heavy atom. The molecule has 226 valence electrons. The maximum absolute atomic E-state index is 14.5. The van der Waals surface area contributed by atoms with E-state index in [0.717, 1.165) is 12.8 Å². The molecule has 42 heavy (non-hydrogen) atoms. The zero-order chi connectivity index (χ0) is 30.2. The molecule has 2 aromatic heterocycles. The molecule has 1 unspecified atom stereocenters. The molecule has 3 N–H and O–H groups in total. The Bertz CT molecular complexity index is 1440. The van der Waals surface area contributed by atoms with Crippen molar-refractivity contribution in [3.8, 4) is 11.6 Å². The molecule has 2 aliphatic heterocycles. The van der Waals surface area contributed by atoms with Gasteiger partial charge >= 0.3 is 12.1 Å². The molecule has 1 aromatic carbocycles. The Kier molecular flexibility index (Phi) is 8.26. The predicted molar refractivity (Wildman–Crippen MR) is 151 cm³/mol. The number of aromatic nitrogens is 4. The highest BCUT2D eigenvalue weighted by atomic mass is 35.5. The van der Waals surface area contributed by atoms with E-state index in [0.29, 0.717) is 37.6 Å². The molecule has 0 amide bonds. The molecule has 4 heterocycles. The van der Waals surface area contributed by atoms with Crippen molar-refractivity contribution in [1.82, 2.24) is 25.1 Å². The third kappa shape index (κ3) is 6.57. The van der Waals surface area contributed by atoms with Crippen LogP contribution in [0.5, 0.6) is 5.88 Å². The van der Waals surface area contributed by atoms with E-state index >= 15 is 0 Å². The maximum Gasteiger partial charge on any atom is 0.429 e. The van der Waals surface area contributed by atoms with Gasteiger partial charge < -0.3 is 25.4 Å². The first kappa shape index (κ1) is 29.9. The zero-order valence-corrected chi connectivity index (χ0v) is 24.2. The summed E-state index contributed by atoms with van der Waals surface area (Å²) in [5.74, 6) is -0.395. The Hall–Kier alpha value is -3.58. The van der Waals surface area contributed by atoms with Crippen LogP contribution in [0.1, 0.15) is 50.5 Å². The van der Waals surface area contributed by atoms with Crippen molar-refractivity contribution in [2.75, 3.05) is 30.3 Å². The van der Waals surface area contributed by atoms with Crippen molar-refractivity contribution in [3.63, 3.8) is 0 Å². The van der Waals surface area contributed by atoms with E-state index in [9.17, 15) is 18.0 Å². The lowest BCUT2D eigenvalue weighted by molar-refractivity contribution is -0.198. The Morgan fingerprint density at radius 1 is 1.19 bits per heavy atom. The number of aryl methyl sites for hydroxylation is 1. The van der Waals surface area contributed by atoms with Crippen LogP contribution in [0.2, 0.25) is 5.02 Å². The van der Waals surface area contributed by atoms with Crippen LogP contribution in [0, 0.1) is 12.3 Å². The van der Waals surface area contributed by atoms with E-state index in [2.05, 4.69) is 20.4 Å². The highest BCUT2D eigenvalue weighted by molar-refractivity contribution is 6.30. The highest BCUT2D eigenvalue weighted by Crippen LogP contribution is 2.42. The number of nitrogens with two attached hydrogens (primary N) is 1. The summed E-state index contributed by atoms with van der Waals surface area (Å²) in [5, 5.41) is 7.79. The fraction of sp³-hybridized carbons (Fsp3) is 0.500. The number of rotatable bonds is 7. The second kappa shape index (κ2) is 11.6. The van der Waals surface area contributed by atoms with Gasteiger partial charge in [-0.25, -0.2) is 4.68 Å². The van der Waals surface area contributed by atoms with Gasteiger partial charge in [0, 0.05) is 42.5 Å². The quantitative estimate of drug-likeness (QED) is 0.365. The average molecular weight is 608 g/mol. The summed E-state index contributed by atoms with van der Waals surface area (Å²) in [7, 11) is 0. The van der Waals surface area contributed by atoms with Gasteiger partial charge in [0.25, 0.3) is 0 Å². The Morgan fingerprint density at radius 2 is 1.93 bits per heavy atom. The van der Waals surface area contributed by atoms with E-state index in [1.807, 2.05) is 18.7 Å². The van der Waals surface area contributed by atoms with Gasteiger partial charge in [0.05, 0.1) is 17.5 Å². The molecule has 0 aliphatic carbocycles. The van der Waals surface area contributed by atoms with Crippen LogP contribution in [-0.2, 0) is 9.53 Å². The predicted octanol–water partition coefficient (Wildman–Crippen LogP) is 4.79. The van der Waals surface area contributed by atoms with Crippen LogP contribution in [0.3, 0.4) is 0 Å². The van der Waals surface area contributed by atoms with E-state index in [-0.39, 0.29) is 51.6 Å². The van der Waals surface area contributed by atoms with Crippen LogP contribution >= 0.6 is 11.6 Å². The van der Waals surface area contributed by atoms with E-state index in [1.165, 1.54) is 28.9 Å². The van der Waals surface area contributed by atoms with Crippen molar-refractivity contribution in [1.29, 1.82) is 0 Å². The molecule has 0 saturated carbocycles. The summed E-state index contributed by atoms with van der Waals surface area (Å²) in [6.07, 6.45) is -3.63. The molecule has 2 aliphatic rings. The number of carbonyl (C=O) groups excluding carboxylic acids is 1. The lowest BCUT2D eigenvalue weighted by Crippen LogP contribution is -2.41. The van der Waals surface area contributed by atoms with Gasteiger partial charge in [-0.05, 0) is 63.6 Å². The maximum atomic E-state index is 14.5. The minimum Gasteiger partial charge on any atom is -0.462 e. The monoisotopic (exact) mass is 607 g/mol. The molecule has 1 spiro atoms. The smallest absolute Gasteiger partial charge is 0.429 e. The van der Waals surface area contributed by atoms with Gasteiger partial charge in [-0.2, -0.15) is 28.2 Å². The Balaban J connectivity index is 1.35.